The lowest BCUT2D eigenvalue weighted by atomic mass is 10.1. The Bertz CT molecular complexity index is 789. The number of carbonyl (C=O) groups excluding carboxylic acids is 1. The minimum absolute atomic E-state index is 0.00333. The van der Waals surface area contributed by atoms with E-state index >= 15 is 0 Å². The van der Waals surface area contributed by atoms with Crippen LogP contribution in [0.3, 0.4) is 0 Å². The number of aliphatic hydroxyl groups excluding tert-OH is 1. The number of hydrogen-bond donors (Lipinski definition) is 3. The first kappa shape index (κ1) is 16.7. The number of benzene rings is 1. The number of rotatable bonds is 7. The zero-order chi connectivity index (χ0) is 17.5. The van der Waals surface area contributed by atoms with E-state index in [4.69, 9.17) is 4.42 Å². The van der Waals surface area contributed by atoms with Gasteiger partial charge in [-0.2, -0.15) is 0 Å². The predicted octanol–water partition coefficient (Wildman–Crippen LogP) is 2.86. The van der Waals surface area contributed by atoms with E-state index in [1.54, 1.807) is 36.6 Å². The Kier molecular flexibility index (Phi) is 5.38. The Hall–Kier alpha value is -3.19. The molecule has 128 valence electrons. The summed E-state index contributed by atoms with van der Waals surface area (Å²) in [6, 6.07) is 15.8. The van der Waals surface area contributed by atoms with Crippen LogP contribution in [0, 0.1) is 0 Å². The van der Waals surface area contributed by atoms with Crippen molar-refractivity contribution in [3.05, 3.63) is 72.3 Å². The highest BCUT2D eigenvalue weighted by molar-refractivity contribution is 6.02. The maximum Gasteiger partial charge on any atom is 0.276 e. The number of aliphatic hydroxyl groups is 1. The normalized spacial score (nSPS) is 11.7. The Morgan fingerprint density at radius 1 is 1.08 bits per heavy atom. The van der Waals surface area contributed by atoms with Crippen LogP contribution in [0.25, 0.3) is 0 Å². The number of carbonyl (C=O) groups is 1. The lowest BCUT2D eigenvalue weighted by Gasteiger charge is -2.15. The van der Waals surface area contributed by atoms with Crippen molar-refractivity contribution in [2.24, 2.45) is 0 Å². The second-order valence-electron chi connectivity index (χ2n) is 5.35. The van der Waals surface area contributed by atoms with Crippen LogP contribution >= 0.6 is 0 Å². The zero-order valence-electron chi connectivity index (χ0n) is 13.4. The SMILES string of the molecule is O=C(Nc1ccccc1)c1ccc(NC(CCO)c2ccco2)nn1. The molecule has 7 nitrogen and oxygen atoms in total. The van der Waals surface area contributed by atoms with Gasteiger partial charge in [0, 0.05) is 12.3 Å². The number of amides is 1. The van der Waals surface area contributed by atoms with Crippen molar-refractivity contribution in [3.63, 3.8) is 0 Å². The van der Waals surface area contributed by atoms with Crippen molar-refractivity contribution in [2.75, 3.05) is 17.2 Å². The van der Waals surface area contributed by atoms with E-state index in [2.05, 4.69) is 20.8 Å². The Morgan fingerprint density at radius 2 is 1.92 bits per heavy atom. The van der Waals surface area contributed by atoms with Crippen molar-refractivity contribution >= 4 is 17.4 Å². The number of nitrogens with zero attached hydrogens (tertiary/aromatic N) is 2. The van der Waals surface area contributed by atoms with E-state index in [0.717, 1.165) is 0 Å². The van der Waals surface area contributed by atoms with Gasteiger partial charge in [0.15, 0.2) is 5.69 Å². The molecule has 0 saturated heterocycles. The molecule has 3 aromatic rings. The summed E-state index contributed by atoms with van der Waals surface area (Å²) in [5, 5.41) is 23.1. The standard InChI is InChI=1S/C18H18N4O3/c23-11-10-14(16-7-4-12-25-16)20-17-9-8-15(21-22-17)18(24)19-13-5-2-1-3-6-13/h1-9,12,14,23H,10-11H2,(H,19,24)(H,20,22). The number of para-hydroxylation sites is 1. The van der Waals surface area contributed by atoms with Crippen LogP contribution in [0.4, 0.5) is 11.5 Å². The highest BCUT2D eigenvalue weighted by atomic mass is 16.3. The van der Waals surface area contributed by atoms with Crippen molar-refractivity contribution in [1.29, 1.82) is 0 Å². The van der Waals surface area contributed by atoms with Gasteiger partial charge in [-0.1, -0.05) is 18.2 Å². The van der Waals surface area contributed by atoms with E-state index in [1.165, 1.54) is 0 Å². The molecule has 1 atom stereocenters. The second-order valence-corrected chi connectivity index (χ2v) is 5.35. The van der Waals surface area contributed by atoms with Gasteiger partial charge in [-0.05, 0) is 42.8 Å². The summed E-state index contributed by atoms with van der Waals surface area (Å²) in [5.41, 5.74) is 0.906. The number of anilines is 2. The van der Waals surface area contributed by atoms with Gasteiger partial charge >= 0.3 is 0 Å². The lowest BCUT2D eigenvalue weighted by Crippen LogP contribution is -2.16. The molecule has 2 aromatic heterocycles. The summed E-state index contributed by atoms with van der Waals surface area (Å²) in [5.74, 6) is 0.857. The maximum atomic E-state index is 12.2. The van der Waals surface area contributed by atoms with Crippen molar-refractivity contribution in [1.82, 2.24) is 10.2 Å². The van der Waals surface area contributed by atoms with Gasteiger partial charge in [0.25, 0.3) is 5.91 Å². The average Bonchev–Trinajstić information content (AvgIpc) is 3.17. The number of aromatic nitrogens is 2. The summed E-state index contributed by atoms with van der Waals surface area (Å²) in [4.78, 5) is 12.2. The molecule has 1 aromatic carbocycles. The molecule has 2 heterocycles. The molecule has 0 spiro atoms. The van der Waals surface area contributed by atoms with Crippen molar-refractivity contribution in [3.8, 4) is 0 Å². The van der Waals surface area contributed by atoms with Gasteiger partial charge in [-0.25, -0.2) is 0 Å². The van der Waals surface area contributed by atoms with Crippen molar-refractivity contribution < 1.29 is 14.3 Å². The molecular weight excluding hydrogens is 320 g/mol. The van der Waals surface area contributed by atoms with E-state index in [1.807, 2.05) is 24.3 Å². The molecular formula is C18H18N4O3. The summed E-state index contributed by atoms with van der Waals surface area (Å²) in [6.07, 6.45) is 2.04. The van der Waals surface area contributed by atoms with Crippen LogP contribution < -0.4 is 10.6 Å². The van der Waals surface area contributed by atoms with Crippen LogP contribution in [0.2, 0.25) is 0 Å². The third-order valence-electron chi connectivity index (χ3n) is 3.56. The minimum Gasteiger partial charge on any atom is -0.467 e. The van der Waals surface area contributed by atoms with Gasteiger partial charge < -0.3 is 20.2 Å². The topological polar surface area (TPSA) is 100 Å². The average molecular weight is 338 g/mol. The highest BCUT2D eigenvalue weighted by Gasteiger charge is 2.15. The Balaban J connectivity index is 1.66. The van der Waals surface area contributed by atoms with Crippen LogP contribution in [0.15, 0.2) is 65.3 Å². The molecule has 0 bridgehead atoms. The maximum absolute atomic E-state index is 12.2. The zero-order valence-corrected chi connectivity index (χ0v) is 13.4. The van der Waals surface area contributed by atoms with Crippen LogP contribution in [-0.2, 0) is 0 Å². The number of hydrogen-bond acceptors (Lipinski definition) is 6. The molecule has 3 N–H and O–H groups in total. The number of nitrogens with one attached hydrogen (secondary N) is 2. The molecule has 0 aliphatic heterocycles. The first-order chi connectivity index (χ1) is 12.3. The lowest BCUT2D eigenvalue weighted by molar-refractivity contribution is 0.102. The summed E-state index contributed by atoms with van der Waals surface area (Å²) in [7, 11) is 0. The molecule has 0 radical (unpaired) electrons. The van der Waals surface area contributed by atoms with E-state index in [0.29, 0.717) is 23.7 Å². The van der Waals surface area contributed by atoms with E-state index in [-0.39, 0.29) is 24.2 Å². The molecule has 0 aliphatic carbocycles. The largest absolute Gasteiger partial charge is 0.467 e. The fraction of sp³-hybridized carbons (Fsp3) is 0.167. The summed E-state index contributed by atoms with van der Waals surface area (Å²) >= 11 is 0. The predicted molar refractivity (Wildman–Crippen MR) is 93.2 cm³/mol. The van der Waals surface area contributed by atoms with Gasteiger partial charge in [0.1, 0.15) is 11.6 Å². The first-order valence-corrected chi connectivity index (χ1v) is 7.87. The highest BCUT2D eigenvalue weighted by Crippen LogP contribution is 2.21. The van der Waals surface area contributed by atoms with Crippen molar-refractivity contribution in [2.45, 2.75) is 12.5 Å². The molecule has 3 rings (SSSR count). The number of furan rings is 1. The second kappa shape index (κ2) is 8.07. The van der Waals surface area contributed by atoms with Gasteiger partial charge in [0.05, 0.1) is 12.3 Å². The fourth-order valence-corrected chi connectivity index (χ4v) is 2.33. The molecule has 7 heteroatoms. The smallest absolute Gasteiger partial charge is 0.276 e. The minimum atomic E-state index is -0.330. The molecule has 1 amide bonds. The van der Waals surface area contributed by atoms with Crippen LogP contribution in [0.5, 0.6) is 0 Å². The van der Waals surface area contributed by atoms with Crippen LogP contribution in [-0.4, -0.2) is 27.8 Å². The fourth-order valence-electron chi connectivity index (χ4n) is 2.33. The monoisotopic (exact) mass is 338 g/mol. The Morgan fingerprint density at radius 3 is 2.56 bits per heavy atom. The van der Waals surface area contributed by atoms with Gasteiger partial charge in [0.2, 0.25) is 0 Å². The quantitative estimate of drug-likeness (QED) is 0.612. The molecule has 0 aliphatic rings. The third kappa shape index (κ3) is 4.42. The van der Waals surface area contributed by atoms with Gasteiger partial charge in [-0.3, -0.25) is 4.79 Å². The van der Waals surface area contributed by atoms with E-state index < -0.39 is 0 Å². The van der Waals surface area contributed by atoms with E-state index in [9.17, 15) is 9.90 Å². The summed E-state index contributed by atoms with van der Waals surface area (Å²) < 4.78 is 5.36. The third-order valence-corrected chi connectivity index (χ3v) is 3.56. The van der Waals surface area contributed by atoms with Gasteiger partial charge in [-0.15, -0.1) is 10.2 Å². The molecule has 1 unspecified atom stereocenters. The molecule has 0 saturated carbocycles. The molecule has 25 heavy (non-hydrogen) atoms. The summed E-state index contributed by atoms with van der Waals surface area (Å²) in [6.45, 7) is 0.00333. The molecule has 0 fully saturated rings. The Labute approximate surface area is 144 Å². The van der Waals surface area contributed by atoms with Crippen LogP contribution in [0.1, 0.15) is 28.7 Å². The first-order valence-electron chi connectivity index (χ1n) is 7.87.